The van der Waals surface area contributed by atoms with E-state index in [1.165, 1.54) is 0 Å². The van der Waals surface area contributed by atoms with E-state index in [0.29, 0.717) is 17.6 Å². The molecule has 2 N–H and O–H groups in total. The zero-order valence-corrected chi connectivity index (χ0v) is 19.5. The molecule has 1 aromatic heterocycles. The summed E-state index contributed by atoms with van der Waals surface area (Å²) < 4.78 is 1.77. The maximum Gasteiger partial charge on any atom is 0.251 e. The number of nitrogens with zero attached hydrogens (tertiary/aromatic N) is 3. The van der Waals surface area contributed by atoms with Crippen LogP contribution in [-0.2, 0) is 0 Å². The fourth-order valence-corrected chi connectivity index (χ4v) is 4.62. The summed E-state index contributed by atoms with van der Waals surface area (Å²) in [7, 11) is 3.87. The Labute approximate surface area is 182 Å². The third kappa shape index (κ3) is 5.44. The second-order valence-electron chi connectivity index (χ2n) is 7.42. The normalized spacial score (nSPS) is 19.2. The second kappa shape index (κ2) is 9.22. The number of aryl methyl sites for hydroxylation is 1. The first kappa shape index (κ1) is 21.0. The van der Waals surface area contributed by atoms with Crippen LogP contribution >= 0.6 is 31.9 Å². The quantitative estimate of drug-likeness (QED) is 0.618. The number of rotatable bonds is 5. The number of aromatic nitrogens is 2. The SMILES string of the molecule is Cc1cnc(N(C)C)nc1N[C@H]1CC[C@@H](NC(=O)c2cc(Br)cc(Br)c2)CC1. The third-order valence-electron chi connectivity index (χ3n) is 4.89. The summed E-state index contributed by atoms with van der Waals surface area (Å²) in [6, 6.07) is 6.16. The highest BCUT2D eigenvalue weighted by atomic mass is 79.9. The van der Waals surface area contributed by atoms with Crippen LogP contribution in [0.4, 0.5) is 11.8 Å². The van der Waals surface area contributed by atoms with E-state index in [1.807, 2.05) is 50.3 Å². The summed E-state index contributed by atoms with van der Waals surface area (Å²) in [6.45, 7) is 2.02. The average molecular weight is 511 g/mol. The predicted molar refractivity (Wildman–Crippen MR) is 120 cm³/mol. The fourth-order valence-electron chi connectivity index (χ4n) is 3.32. The van der Waals surface area contributed by atoms with Crippen molar-refractivity contribution in [3.05, 3.63) is 44.5 Å². The maximum atomic E-state index is 12.5. The van der Waals surface area contributed by atoms with Crippen LogP contribution in [0.15, 0.2) is 33.3 Å². The van der Waals surface area contributed by atoms with E-state index < -0.39 is 0 Å². The van der Waals surface area contributed by atoms with Crippen LogP contribution in [-0.4, -0.2) is 42.1 Å². The van der Waals surface area contributed by atoms with E-state index in [4.69, 9.17) is 0 Å². The van der Waals surface area contributed by atoms with Gasteiger partial charge in [0.2, 0.25) is 5.95 Å². The number of nitrogens with one attached hydrogen (secondary N) is 2. The number of hydrogen-bond donors (Lipinski definition) is 2. The smallest absolute Gasteiger partial charge is 0.251 e. The summed E-state index contributed by atoms with van der Waals surface area (Å²) in [4.78, 5) is 23.4. The van der Waals surface area contributed by atoms with E-state index >= 15 is 0 Å². The van der Waals surface area contributed by atoms with Crippen LogP contribution in [0.25, 0.3) is 0 Å². The molecular formula is C20H25Br2N5O. The van der Waals surface area contributed by atoms with Gasteiger partial charge in [-0.3, -0.25) is 4.79 Å². The highest BCUT2D eigenvalue weighted by molar-refractivity contribution is 9.11. The lowest BCUT2D eigenvalue weighted by Crippen LogP contribution is -2.40. The zero-order chi connectivity index (χ0) is 20.3. The van der Waals surface area contributed by atoms with Crippen molar-refractivity contribution >= 4 is 49.5 Å². The Morgan fingerprint density at radius 2 is 1.68 bits per heavy atom. The molecule has 1 heterocycles. The van der Waals surface area contributed by atoms with Gasteiger partial charge in [0.15, 0.2) is 0 Å². The van der Waals surface area contributed by atoms with Crippen molar-refractivity contribution in [2.75, 3.05) is 24.3 Å². The van der Waals surface area contributed by atoms with Crippen molar-refractivity contribution in [2.24, 2.45) is 0 Å². The summed E-state index contributed by atoms with van der Waals surface area (Å²) >= 11 is 6.87. The highest BCUT2D eigenvalue weighted by Crippen LogP contribution is 2.25. The van der Waals surface area contributed by atoms with Crippen LogP contribution in [0, 0.1) is 6.92 Å². The van der Waals surface area contributed by atoms with E-state index in [9.17, 15) is 4.79 Å². The molecule has 0 saturated heterocycles. The zero-order valence-electron chi connectivity index (χ0n) is 16.3. The third-order valence-corrected chi connectivity index (χ3v) is 5.80. The van der Waals surface area contributed by atoms with Crippen molar-refractivity contribution in [2.45, 2.75) is 44.7 Å². The van der Waals surface area contributed by atoms with Gasteiger partial charge in [0.05, 0.1) is 0 Å². The van der Waals surface area contributed by atoms with Crippen LogP contribution in [0.5, 0.6) is 0 Å². The molecule has 6 nitrogen and oxygen atoms in total. The summed E-state index contributed by atoms with van der Waals surface area (Å²) in [5, 5.41) is 6.73. The Balaban J connectivity index is 1.55. The molecular weight excluding hydrogens is 486 g/mol. The standard InChI is InChI=1S/C20H25Br2N5O/c1-12-11-23-20(27(2)3)26-18(12)24-16-4-6-17(7-5-16)25-19(28)13-8-14(21)10-15(22)9-13/h8-11,16-17H,4-7H2,1-3H3,(H,25,28)(H,23,24,26)/t16-,17+. The monoisotopic (exact) mass is 509 g/mol. The van der Waals surface area contributed by atoms with Gasteiger partial charge in [-0.1, -0.05) is 31.9 Å². The number of carbonyl (C=O) groups excluding carboxylic acids is 1. The summed E-state index contributed by atoms with van der Waals surface area (Å²) in [5.41, 5.74) is 1.70. The number of halogens is 2. The number of hydrogen-bond acceptors (Lipinski definition) is 5. The molecule has 0 atom stereocenters. The van der Waals surface area contributed by atoms with Crippen molar-refractivity contribution in [3.63, 3.8) is 0 Å². The minimum absolute atomic E-state index is 0.0271. The van der Waals surface area contributed by atoms with E-state index in [1.54, 1.807) is 0 Å². The number of benzene rings is 1. The molecule has 0 aliphatic heterocycles. The first-order valence-electron chi connectivity index (χ1n) is 9.36. The van der Waals surface area contributed by atoms with Gasteiger partial charge in [0.1, 0.15) is 5.82 Å². The molecule has 0 radical (unpaired) electrons. The number of anilines is 2. The topological polar surface area (TPSA) is 70.2 Å². The molecule has 1 aliphatic carbocycles. The van der Waals surface area contributed by atoms with Crippen LogP contribution < -0.4 is 15.5 Å². The molecule has 28 heavy (non-hydrogen) atoms. The van der Waals surface area contributed by atoms with E-state index in [0.717, 1.165) is 46.0 Å². The molecule has 2 aromatic rings. The molecule has 1 saturated carbocycles. The lowest BCUT2D eigenvalue weighted by Gasteiger charge is -2.30. The fraction of sp³-hybridized carbons (Fsp3) is 0.450. The maximum absolute atomic E-state index is 12.5. The Bertz CT molecular complexity index is 830. The number of amides is 1. The van der Waals surface area contributed by atoms with Crippen molar-refractivity contribution in [3.8, 4) is 0 Å². The van der Waals surface area contributed by atoms with Crippen molar-refractivity contribution in [1.82, 2.24) is 15.3 Å². The van der Waals surface area contributed by atoms with Crippen LogP contribution in [0.1, 0.15) is 41.6 Å². The second-order valence-corrected chi connectivity index (χ2v) is 9.25. The van der Waals surface area contributed by atoms with Gasteiger partial charge in [0.25, 0.3) is 5.91 Å². The van der Waals surface area contributed by atoms with Gasteiger partial charge >= 0.3 is 0 Å². The van der Waals surface area contributed by atoms with Crippen LogP contribution in [0.3, 0.4) is 0 Å². The molecule has 3 rings (SSSR count). The predicted octanol–water partition coefficient (Wildman–Crippen LogP) is 4.53. The molecule has 1 aliphatic rings. The van der Waals surface area contributed by atoms with E-state index in [-0.39, 0.29) is 11.9 Å². The Hall–Kier alpha value is -1.67. The van der Waals surface area contributed by atoms with Gasteiger partial charge < -0.3 is 15.5 Å². The molecule has 0 bridgehead atoms. The van der Waals surface area contributed by atoms with Crippen molar-refractivity contribution in [1.29, 1.82) is 0 Å². The van der Waals surface area contributed by atoms with Gasteiger partial charge in [-0.05, 0) is 50.8 Å². The van der Waals surface area contributed by atoms with Gasteiger partial charge in [-0.2, -0.15) is 4.98 Å². The summed E-state index contributed by atoms with van der Waals surface area (Å²) in [5.74, 6) is 1.57. The van der Waals surface area contributed by atoms with E-state index in [2.05, 4.69) is 52.5 Å². The first-order chi connectivity index (χ1) is 13.3. The molecule has 1 fully saturated rings. The molecule has 8 heteroatoms. The Morgan fingerprint density at radius 1 is 1.07 bits per heavy atom. The van der Waals surface area contributed by atoms with Crippen LogP contribution in [0.2, 0.25) is 0 Å². The molecule has 0 unspecified atom stereocenters. The summed E-state index contributed by atoms with van der Waals surface area (Å²) in [6.07, 6.45) is 5.74. The molecule has 1 aromatic carbocycles. The molecule has 150 valence electrons. The highest BCUT2D eigenvalue weighted by Gasteiger charge is 2.24. The largest absolute Gasteiger partial charge is 0.367 e. The number of carbonyl (C=O) groups is 1. The minimum Gasteiger partial charge on any atom is -0.367 e. The first-order valence-corrected chi connectivity index (χ1v) is 10.9. The van der Waals surface area contributed by atoms with Gasteiger partial charge in [-0.25, -0.2) is 4.98 Å². The minimum atomic E-state index is -0.0271. The average Bonchev–Trinajstić information content (AvgIpc) is 2.64. The lowest BCUT2D eigenvalue weighted by atomic mass is 9.91. The van der Waals surface area contributed by atoms with Crippen molar-refractivity contribution < 1.29 is 4.79 Å². The Morgan fingerprint density at radius 3 is 2.29 bits per heavy atom. The Kier molecular flexibility index (Phi) is 6.93. The van der Waals surface area contributed by atoms with Gasteiger partial charge in [0, 0.05) is 52.4 Å². The molecule has 1 amide bonds. The molecule has 0 spiro atoms. The lowest BCUT2D eigenvalue weighted by molar-refractivity contribution is 0.0926. The van der Waals surface area contributed by atoms with Gasteiger partial charge in [-0.15, -0.1) is 0 Å².